The summed E-state index contributed by atoms with van der Waals surface area (Å²) >= 11 is 0. The van der Waals surface area contributed by atoms with Crippen LogP contribution in [0.3, 0.4) is 0 Å². The lowest BCUT2D eigenvalue weighted by Gasteiger charge is -2.15. The van der Waals surface area contributed by atoms with Crippen molar-refractivity contribution in [3.05, 3.63) is 47.4 Å². The number of nitroso groups, excluding NO2 is 1. The van der Waals surface area contributed by atoms with E-state index in [9.17, 15) is 4.91 Å². The Hall–Kier alpha value is -2.76. The molecule has 0 fully saturated rings. The van der Waals surface area contributed by atoms with Gasteiger partial charge >= 0.3 is 0 Å². The van der Waals surface area contributed by atoms with Crippen molar-refractivity contribution in [1.82, 2.24) is 0 Å². The van der Waals surface area contributed by atoms with Crippen molar-refractivity contribution in [3.8, 4) is 11.5 Å². The Morgan fingerprint density at radius 3 is 2.25 bits per heavy atom. The van der Waals surface area contributed by atoms with Crippen LogP contribution in [0, 0.1) is 4.91 Å². The quantitative estimate of drug-likeness (QED) is 0.622. The highest BCUT2D eigenvalue weighted by atomic mass is 16.5. The predicted octanol–water partition coefficient (Wildman–Crippen LogP) is 3.54. The Morgan fingerprint density at radius 1 is 0.900 bits per heavy atom. The maximum Gasteiger partial charge on any atom is 0.143 e. The van der Waals surface area contributed by atoms with Gasteiger partial charge in [0.25, 0.3) is 0 Å². The summed E-state index contributed by atoms with van der Waals surface area (Å²) in [6.07, 6.45) is 0. The van der Waals surface area contributed by atoms with Crippen molar-refractivity contribution in [2.45, 2.75) is 0 Å². The summed E-state index contributed by atoms with van der Waals surface area (Å²) < 4.78 is 10.4. The van der Waals surface area contributed by atoms with Gasteiger partial charge in [0.15, 0.2) is 0 Å². The standard InChI is InChI=1S/C14H15N3O3/c1-19-13-6-4-3-5-11(13)15-16-12-9-10(17-18)7-8-14(12)20-2/h3-9,15-16H,1-2H3. The summed E-state index contributed by atoms with van der Waals surface area (Å²) in [5.41, 5.74) is 7.67. The van der Waals surface area contributed by atoms with Crippen molar-refractivity contribution in [3.63, 3.8) is 0 Å². The number of rotatable bonds is 6. The number of hydrazine groups is 1. The SMILES string of the molecule is COc1ccccc1NNc1cc(N=O)ccc1OC. The first kappa shape index (κ1) is 13.7. The molecule has 0 saturated heterocycles. The van der Waals surface area contributed by atoms with E-state index in [1.807, 2.05) is 24.3 Å². The molecule has 0 atom stereocenters. The molecule has 0 radical (unpaired) electrons. The fourth-order valence-corrected chi connectivity index (χ4v) is 1.73. The van der Waals surface area contributed by atoms with Crippen LogP contribution in [-0.2, 0) is 0 Å². The minimum atomic E-state index is 0.315. The zero-order valence-corrected chi connectivity index (χ0v) is 11.2. The van der Waals surface area contributed by atoms with Crippen molar-refractivity contribution in [2.75, 3.05) is 25.1 Å². The van der Waals surface area contributed by atoms with Gasteiger partial charge in [-0.05, 0) is 35.5 Å². The average Bonchev–Trinajstić information content (AvgIpc) is 2.52. The third kappa shape index (κ3) is 2.97. The Kier molecular flexibility index (Phi) is 4.39. The molecule has 0 aromatic heterocycles. The Labute approximate surface area is 116 Å². The Balaban J connectivity index is 2.19. The van der Waals surface area contributed by atoms with Gasteiger partial charge in [-0.15, -0.1) is 4.91 Å². The minimum Gasteiger partial charge on any atom is -0.495 e. The monoisotopic (exact) mass is 273 g/mol. The maximum atomic E-state index is 10.6. The highest BCUT2D eigenvalue weighted by Gasteiger charge is 2.06. The number of hydrogen-bond acceptors (Lipinski definition) is 6. The number of ether oxygens (including phenoxy) is 2. The molecule has 0 bridgehead atoms. The van der Waals surface area contributed by atoms with Gasteiger partial charge in [0.1, 0.15) is 17.2 Å². The molecule has 0 aliphatic carbocycles. The van der Waals surface area contributed by atoms with Gasteiger partial charge in [-0.2, -0.15) is 0 Å². The first-order chi connectivity index (χ1) is 9.78. The minimum absolute atomic E-state index is 0.315. The molecule has 0 amide bonds. The fraction of sp³-hybridized carbons (Fsp3) is 0.143. The molecule has 0 heterocycles. The van der Waals surface area contributed by atoms with Gasteiger partial charge in [0, 0.05) is 0 Å². The van der Waals surface area contributed by atoms with E-state index in [0.717, 1.165) is 5.69 Å². The zero-order chi connectivity index (χ0) is 14.4. The molecule has 0 saturated carbocycles. The lowest BCUT2D eigenvalue weighted by molar-refractivity contribution is 0.415. The van der Waals surface area contributed by atoms with Crippen LogP contribution < -0.4 is 20.3 Å². The lowest BCUT2D eigenvalue weighted by Crippen LogP contribution is -2.10. The topological polar surface area (TPSA) is 72.0 Å². The number of hydrogen-bond donors (Lipinski definition) is 2. The molecule has 0 aliphatic rings. The van der Waals surface area contributed by atoms with E-state index in [0.29, 0.717) is 22.9 Å². The average molecular weight is 273 g/mol. The Bertz CT molecular complexity index is 602. The first-order valence-electron chi connectivity index (χ1n) is 5.95. The molecule has 20 heavy (non-hydrogen) atoms. The highest BCUT2D eigenvalue weighted by Crippen LogP contribution is 2.30. The molecule has 2 aromatic carbocycles. The summed E-state index contributed by atoms with van der Waals surface area (Å²) in [6.45, 7) is 0. The van der Waals surface area contributed by atoms with Crippen LogP contribution >= 0.6 is 0 Å². The van der Waals surface area contributed by atoms with Gasteiger partial charge in [-0.25, -0.2) is 0 Å². The van der Waals surface area contributed by atoms with Crippen LogP contribution in [-0.4, -0.2) is 14.2 Å². The molecule has 0 unspecified atom stereocenters. The Morgan fingerprint density at radius 2 is 1.55 bits per heavy atom. The largest absolute Gasteiger partial charge is 0.495 e. The number of nitrogens with one attached hydrogen (secondary N) is 2. The summed E-state index contributed by atoms with van der Waals surface area (Å²) in [5, 5.41) is 2.90. The second-order valence-electron chi connectivity index (χ2n) is 3.93. The van der Waals surface area contributed by atoms with Crippen molar-refractivity contribution >= 4 is 17.1 Å². The van der Waals surface area contributed by atoms with Crippen molar-refractivity contribution < 1.29 is 9.47 Å². The van der Waals surface area contributed by atoms with Gasteiger partial charge in [-0.1, -0.05) is 12.1 Å². The van der Waals surface area contributed by atoms with Crippen LogP contribution in [0.4, 0.5) is 17.1 Å². The maximum absolute atomic E-state index is 10.6. The number of anilines is 2. The van der Waals surface area contributed by atoms with E-state index < -0.39 is 0 Å². The normalized spacial score (nSPS) is 9.70. The van der Waals surface area contributed by atoms with E-state index in [-0.39, 0.29) is 0 Å². The number of para-hydroxylation sites is 2. The predicted molar refractivity (Wildman–Crippen MR) is 78.7 cm³/mol. The summed E-state index contributed by atoms with van der Waals surface area (Å²) in [7, 11) is 3.15. The molecule has 2 aromatic rings. The van der Waals surface area contributed by atoms with Crippen LogP contribution in [0.15, 0.2) is 47.6 Å². The summed E-state index contributed by atoms with van der Waals surface area (Å²) in [5.74, 6) is 1.29. The van der Waals surface area contributed by atoms with E-state index in [2.05, 4.69) is 16.0 Å². The van der Waals surface area contributed by atoms with Crippen LogP contribution in [0.5, 0.6) is 11.5 Å². The second kappa shape index (κ2) is 6.42. The molecule has 2 rings (SSSR count). The number of benzene rings is 2. The molecular formula is C14H15N3O3. The van der Waals surface area contributed by atoms with E-state index >= 15 is 0 Å². The molecule has 0 spiro atoms. The third-order valence-corrected chi connectivity index (χ3v) is 2.73. The van der Waals surface area contributed by atoms with Gasteiger partial charge < -0.3 is 9.47 Å². The second-order valence-corrected chi connectivity index (χ2v) is 3.93. The molecule has 104 valence electrons. The highest BCUT2D eigenvalue weighted by molar-refractivity contribution is 5.67. The lowest BCUT2D eigenvalue weighted by atomic mass is 10.2. The van der Waals surface area contributed by atoms with Gasteiger partial charge in [0.2, 0.25) is 0 Å². The van der Waals surface area contributed by atoms with Crippen molar-refractivity contribution in [1.29, 1.82) is 0 Å². The van der Waals surface area contributed by atoms with Crippen LogP contribution in [0.2, 0.25) is 0 Å². The van der Waals surface area contributed by atoms with Gasteiger partial charge in [0.05, 0.1) is 25.6 Å². The van der Waals surface area contributed by atoms with E-state index in [4.69, 9.17) is 9.47 Å². The summed E-state index contributed by atoms with van der Waals surface area (Å²) in [6, 6.07) is 12.3. The zero-order valence-electron chi connectivity index (χ0n) is 11.2. The molecule has 2 N–H and O–H groups in total. The smallest absolute Gasteiger partial charge is 0.143 e. The molecule has 6 nitrogen and oxygen atoms in total. The van der Waals surface area contributed by atoms with E-state index in [1.54, 1.807) is 32.4 Å². The molecule has 6 heteroatoms. The summed E-state index contributed by atoms with van der Waals surface area (Å²) in [4.78, 5) is 10.6. The van der Waals surface area contributed by atoms with Gasteiger partial charge in [-0.3, -0.25) is 10.9 Å². The van der Waals surface area contributed by atoms with Crippen LogP contribution in [0.1, 0.15) is 0 Å². The van der Waals surface area contributed by atoms with Crippen molar-refractivity contribution in [2.24, 2.45) is 5.18 Å². The molecular weight excluding hydrogens is 258 g/mol. The van der Waals surface area contributed by atoms with E-state index in [1.165, 1.54) is 0 Å². The third-order valence-electron chi connectivity index (χ3n) is 2.73. The number of methoxy groups -OCH3 is 2. The first-order valence-corrected chi connectivity index (χ1v) is 5.95. The number of nitrogens with zero attached hydrogens (tertiary/aromatic N) is 1. The molecule has 0 aliphatic heterocycles. The fourth-order valence-electron chi connectivity index (χ4n) is 1.73. The van der Waals surface area contributed by atoms with Crippen LogP contribution in [0.25, 0.3) is 0 Å².